The molecule has 1 rings (SSSR count). The van der Waals surface area contributed by atoms with E-state index in [-0.39, 0.29) is 22.2 Å². The molecule has 0 aliphatic rings. The van der Waals surface area contributed by atoms with Crippen LogP contribution in [0.15, 0.2) is 30.3 Å². The summed E-state index contributed by atoms with van der Waals surface area (Å²) in [4.78, 5) is 13.2. The van der Waals surface area contributed by atoms with Crippen molar-refractivity contribution in [2.24, 2.45) is 16.2 Å². The van der Waals surface area contributed by atoms with Crippen LogP contribution in [-0.4, -0.2) is 16.5 Å². The zero-order valence-electron chi connectivity index (χ0n) is 15.7. The Labute approximate surface area is 139 Å². The first-order valence-electron chi connectivity index (χ1n) is 7.98. The lowest BCUT2D eigenvalue weighted by Crippen LogP contribution is -2.63. The first-order valence-corrected chi connectivity index (χ1v) is 8.79. The summed E-state index contributed by atoms with van der Waals surface area (Å²) < 4.78 is 5.48. The molecular formula is C19H32O2Si. The van der Waals surface area contributed by atoms with Crippen molar-refractivity contribution in [3.8, 4) is 0 Å². The second kappa shape index (κ2) is 5.84. The van der Waals surface area contributed by atoms with E-state index in [0.29, 0.717) is 10.5 Å². The van der Waals surface area contributed by atoms with Gasteiger partial charge >= 0.3 is 0 Å². The Kier molecular flexibility index (Phi) is 5.03. The Hall–Kier alpha value is -1.09. The minimum absolute atomic E-state index is 0.0759. The van der Waals surface area contributed by atoms with Crippen LogP contribution < -0.4 is 0 Å². The predicted molar refractivity (Wildman–Crippen MR) is 96.8 cm³/mol. The van der Waals surface area contributed by atoms with E-state index in [1.807, 2.05) is 18.2 Å². The molecule has 0 saturated carbocycles. The molecule has 0 bridgehead atoms. The van der Waals surface area contributed by atoms with Crippen molar-refractivity contribution >= 4 is 16.5 Å². The standard InChI is InChI=1S/C19H32O2Si/c1-16(2,3)19(15(20)21-22,17(4,5)6)18(7,8)14-12-10-9-11-13-14/h9-13H,1-8,22H3. The highest BCUT2D eigenvalue weighted by Crippen LogP contribution is 2.62. The maximum atomic E-state index is 13.2. The van der Waals surface area contributed by atoms with Gasteiger partial charge in [-0.3, -0.25) is 4.79 Å². The van der Waals surface area contributed by atoms with Crippen molar-refractivity contribution in [1.29, 1.82) is 0 Å². The van der Waals surface area contributed by atoms with Gasteiger partial charge in [-0.25, -0.2) is 0 Å². The average molecular weight is 321 g/mol. The van der Waals surface area contributed by atoms with E-state index in [2.05, 4.69) is 67.5 Å². The number of hydrogen-bond acceptors (Lipinski definition) is 2. The number of hydrogen-bond donors (Lipinski definition) is 0. The van der Waals surface area contributed by atoms with Crippen molar-refractivity contribution < 1.29 is 9.22 Å². The molecule has 3 heteroatoms. The maximum absolute atomic E-state index is 13.2. The van der Waals surface area contributed by atoms with Crippen molar-refractivity contribution in [3.63, 3.8) is 0 Å². The molecule has 0 fully saturated rings. The quantitative estimate of drug-likeness (QED) is 0.790. The molecule has 0 amide bonds. The highest BCUT2D eigenvalue weighted by atomic mass is 28.2. The number of carbonyl (C=O) groups excluding carboxylic acids is 1. The van der Waals surface area contributed by atoms with Gasteiger partial charge in [0, 0.05) is 5.41 Å². The summed E-state index contributed by atoms with van der Waals surface area (Å²) >= 11 is 0. The normalized spacial score (nSPS) is 14.0. The third-order valence-corrected chi connectivity index (χ3v) is 5.55. The summed E-state index contributed by atoms with van der Waals surface area (Å²) in [6, 6.07) is 10.3. The number of benzene rings is 1. The fourth-order valence-corrected chi connectivity index (χ4v) is 5.40. The van der Waals surface area contributed by atoms with Gasteiger partial charge in [0.15, 0.2) is 0 Å². The van der Waals surface area contributed by atoms with Gasteiger partial charge < -0.3 is 4.43 Å². The highest BCUT2D eigenvalue weighted by Gasteiger charge is 2.65. The van der Waals surface area contributed by atoms with Gasteiger partial charge in [-0.1, -0.05) is 85.7 Å². The van der Waals surface area contributed by atoms with Gasteiger partial charge in [0.2, 0.25) is 10.5 Å². The van der Waals surface area contributed by atoms with Crippen LogP contribution in [0.4, 0.5) is 0 Å². The molecule has 0 radical (unpaired) electrons. The van der Waals surface area contributed by atoms with Crippen molar-refractivity contribution in [2.75, 3.05) is 0 Å². The van der Waals surface area contributed by atoms with Crippen LogP contribution in [0.2, 0.25) is 0 Å². The molecule has 0 saturated heterocycles. The summed E-state index contributed by atoms with van der Waals surface area (Å²) in [6.07, 6.45) is 0. The van der Waals surface area contributed by atoms with Crippen molar-refractivity contribution in [1.82, 2.24) is 0 Å². The zero-order chi connectivity index (χ0) is 17.4. The molecule has 1 aromatic rings. The van der Waals surface area contributed by atoms with Gasteiger partial charge in [0.1, 0.15) is 0 Å². The van der Waals surface area contributed by atoms with Gasteiger partial charge in [-0.15, -0.1) is 0 Å². The van der Waals surface area contributed by atoms with Crippen LogP contribution in [0, 0.1) is 16.2 Å². The number of carbonyl (C=O) groups is 1. The average Bonchev–Trinajstić information content (AvgIpc) is 2.36. The van der Waals surface area contributed by atoms with E-state index in [1.165, 1.54) is 5.56 Å². The minimum atomic E-state index is -0.643. The van der Waals surface area contributed by atoms with Crippen LogP contribution in [0.1, 0.15) is 61.0 Å². The van der Waals surface area contributed by atoms with Crippen LogP contribution >= 0.6 is 0 Å². The third kappa shape index (κ3) is 2.64. The molecule has 0 N–H and O–H groups in total. The Bertz CT molecular complexity index is 505. The van der Waals surface area contributed by atoms with Crippen LogP contribution in [0.5, 0.6) is 0 Å². The zero-order valence-corrected chi connectivity index (χ0v) is 17.7. The van der Waals surface area contributed by atoms with Gasteiger partial charge in [-0.05, 0) is 16.4 Å². The van der Waals surface area contributed by atoms with E-state index < -0.39 is 5.41 Å². The fraction of sp³-hybridized carbons (Fsp3) is 0.632. The first kappa shape index (κ1) is 19.0. The maximum Gasteiger partial charge on any atom is 0.300 e. The summed E-state index contributed by atoms with van der Waals surface area (Å²) in [6.45, 7) is 17.3. The van der Waals surface area contributed by atoms with E-state index in [0.717, 1.165) is 0 Å². The molecule has 0 aliphatic carbocycles. The van der Waals surface area contributed by atoms with Crippen LogP contribution in [-0.2, 0) is 14.6 Å². The van der Waals surface area contributed by atoms with E-state index in [1.54, 1.807) is 0 Å². The van der Waals surface area contributed by atoms with E-state index in [9.17, 15) is 4.79 Å². The molecule has 0 spiro atoms. The Morgan fingerprint density at radius 3 is 1.59 bits per heavy atom. The minimum Gasteiger partial charge on any atom is -0.528 e. The van der Waals surface area contributed by atoms with Gasteiger partial charge in [0.25, 0.3) is 5.97 Å². The molecule has 0 atom stereocenters. The van der Waals surface area contributed by atoms with E-state index >= 15 is 0 Å². The smallest absolute Gasteiger partial charge is 0.300 e. The largest absolute Gasteiger partial charge is 0.528 e. The third-order valence-electron chi connectivity index (χ3n) is 5.17. The van der Waals surface area contributed by atoms with Crippen LogP contribution in [0.3, 0.4) is 0 Å². The summed E-state index contributed by atoms with van der Waals surface area (Å²) in [5, 5.41) is 0. The SMILES string of the molecule is CC(C)(C)C(C(=O)O[SiH3])(C(C)(C)C)C(C)(C)c1ccccc1. The second-order valence-electron chi connectivity index (χ2n) is 8.73. The number of rotatable bonds is 3. The molecule has 1 aromatic carbocycles. The Morgan fingerprint density at radius 1 is 0.864 bits per heavy atom. The summed E-state index contributed by atoms with van der Waals surface area (Å²) in [5.41, 5.74) is -0.313. The molecule has 124 valence electrons. The second-order valence-corrected chi connectivity index (χ2v) is 9.14. The highest BCUT2D eigenvalue weighted by molar-refractivity contribution is 6.07. The lowest BCUT2D eigenvalue weighted by molar-refractivity contribution is -0.177. The molecule has 2 nitrogen and oxygen atoms in total. The van der Waals surface area contributed by atoms with Crippen LogP contribution in [0.25, 0.3) is 0 Å². The Balaban J connectivity index is 3.81. The molecule has 0 unspecified atom stereocenters. The van der Waals surface area contributed by atoms with Crippen molar-refractivity contribution in [3.05, 3.63) is 35.9 Å². The fourth-order valence-electron chi connectivity index (χ4n) is 5.09. The predicted octanol–water partition coefficient (Wildman–Crippen LogP) is 3.87. The monoisotopic (exact) mass is 320 g/mol. The van der Waals surface area contributed by atoms with Gasteiger partial charge in [-0.2, -0.15) is 0 Å². The summed E-state index contributed by atoms with van der Waals surface area (Å²) in [5.74, 6) is -0.0759. The van der Waals surface area contributed by atoms with Crippen molar-refractivity contribution in [2.45, 2.75) is 60.8 Å². The molecule has 0 aliphatic heterocycles. The topological polar surface area (TPSA) is 26.3 Å². The molecule has 22 heavy (non-hydrogen) atoms. The molecular weight excluding hydrogens is 288 g/mol. The Morgan fingerprint density at radius 2 is 1.27 bits per heavy atom. The lowest BCUT2D eigenvalue weighted by atomic mass is 9.43. The summed E-state index contributed by atoms with van der Waals surface area (Å²) in [7, 11) is 0.418. The first-order chi connectivity index (χ1) is 9.84. The van der Waals surface area contributed by atoms with Gasteiger partial charge in [0.05, 0.1) is 5.41 Å². The lowest BCUT2D eigenvalue weighted by Gasteiger charge is -2.59. The molecule has 0 heterocycles. The van der Waals surface area contributed by atoms with E-state index in [4.69, 9.17) is 4.43 Å². The molecule has 0 aromatic heterocycles.